The lowest BCUT2D eigenvalue weighted by atomic mass is 10.1. The number of nitrogens with zero attached hydrogens (tertiary/aromatic N) is 2. The van der Waals surface area contributed by atoms with Crippen LogP contribution in [0.3, 0.4) is 0 Å². The summed E-state index contributed by atoms with van der Waals surface area (Å²) in [6.07, 6.45) is 2.13. The van der Waals surface area contributed by atoms with E-state index in [2.05, 4.69) is 16.8 Å². The van der Waals surface area contributed by atoms with Crippen molar-refractivity contribution in [1.29, 1.82) is 0 Å². The third-order valence-corrected chi connectivity index (χ3v) is 4.32. The Morgan fingerprint density at radius 1 is 1.21 bits per heavy atom. The number of methoxy groups -OCH3 is 1. The van der Waals surface area contributed by atoms with E-state index in [1.807, 2.05) is 12.1 Å². The maximum absolute atomic E-state index is 11.2. The van der Waals surface area contributed by atoms with Gasteiger partial charge in [-0.2, -0.15) is 0 Å². The topological polar surface area (TPSA) is 68.0 Å². The van der Waals surface area contributed by atoms with Crippen LogP contribution in [0.5, 0.6) is 0 Å². The summed E-state index contributed by atoms with van der Waals surface area (Å²) in [5.74, 6) is -0.390. The zero-order valence-corrected chi connectivity index (χ0v) is 14.7. The molecule has 1 aromatic rings. The first-order chi connectivity index (χ1) is 11.6. The summed E-state index contributed by atoms with van der Waals surface area (Å²) < 4.78 is 11.2. The Morgan fingerprint density at radius 3 is 2.58 bits per heavy atom. The molecule has 1 saturated heterocycles. The van der Waals surface area contributed by atoms with E-state index in [1.54, 1.807) is 19.2 Å². The van der Waals surface area contributed by atoms with Gasteiger partial charge in [-0.25, -0.2) is 0 Å². The van der Waals surface area contributed by atoms with Crippen molar-refractivity contribution in [3.63, 3.8) is 0 Å². The molecule has 6 heteroatoms. The minimum absolute atomic E-state index is 0.0992. The van der Waals surface area contributed by atoms with Crippen molar-refractivity contribution < 1.29 is 14.3 Å². The summed E-state index contributed by atoms with van der Waals surface area (Å²) >= 11 is 0. The van der Waals surface area contributed by atoms with Crippen LogP contribution in [0, 0.1) is 0 Å². The van der Waals surface area contributed by atoms with Crippen molar-refractivity contribution >= 4 is 5.91 Å². The van der Waals surface area contributed by atoms with Gasteiger partial charge in [-0.05, 0) is 37.6 Å². The Morgan fingerprint density at radius 2 is 1.92 bits per heavy atom. The molecule has 6 nitrogen and oxygen atoms in total. The van der Waals surface area contributed by atoms with Crippen LogP contribution in [0.4, 0.5) is 0 Å². The maximum Gasteiger partial charge on any atom is 0.248 e. The third-order valence-electron chi connectivity index (χ3n) is 4.32. The van der Waals surface area contributed by atoms with E-state index >= 15 is 0 Å². The van der Waals surface area contributed by atoms with Crippen molar-refractivity contribution in [2.45, 2.75) is 25.6 Å². The molecule has 1 aliphatic heterocycles. The number of nitrogens with two attached hydrogens (primary N) is 1. The van der Waals surface area contributed by atoms with E-state index in [4.69, 9.17) is 15.2 Å². The molecule has 1 aliphatic rings. The molecule has 0 aromatic heterocycles. The van der Waals surface area contributed by atoms with Gasteiger partial charge in [0.2, 0.25) is 5.91 Å². The van der Waals surface area contributed by atoms with Gasteiger partial charge < -0.3 is 20.1 Å². The minimum atomic E-state index is -0.390. The van der Waals surface area contributed by atoms with Crippen LogP contribution in [0.1, 0.15) is 28.8 Å². The van der Waals surface area contributed by atoms with E-state index in [0.717, 1.165) is 57.8 Å². The number of rotatable bonds is 9. The molecule has 1 atom stereocenters. The fraction of sp³-hybridized carbons (Fsp3) is 0.611. The molecule has 1 heterocycles. The smallest absolute Gasteiger partial charge is 0.248 e. The number of ether oxygens (including phenoxy) is 2. The Labute approximate surface area is 144 Å². The predicted octanol–water partition coefficient (Wildman–Crippen LogP) is 1.30. The largest absolute Gasteiger partial charge is 0.385 e. The zero-order chi connectivity index (χ0) is 17.4. The second-order valence-corrected chi connectivity index (χ2v) is 6.32. The van der Waals surface area contributed by atoms with Crippen LogP contribution in [-0.4, -0.2) is 68.9 Å². The molecule has 134 valence electrons. The third kappa shape index (κ3) is 5.87. The van der Waals surface area contributed by atoms with Gasteiger partial charge in [-0.1, -0.05) is 12.1 Å². The standard InChI is InChI=1S/C18H29N3O3/c1-20-9-10-21(17(14-20)24-12-4-3-11-23-2)13-15-5-7-16(8-6-15)18(19)22/h5-8,17H,3-4,9-14H2,1-2H3,(H2,19,22). The number of benzene rings is 1. The van der Waals surface area contributed by atoms with Gasteiger partial charge in [0.25, 0.3) is 0 Å². The number of hydrogen-bond acceptors (Lipinski definition) is 5. The first kappa shape index (κ1) is 18.9. The Kier molecular flexibility index (Phi) is 7.65. The van der Waals surface area contributed by atoms with Crippen molar-refractivity contribution in [1.82, 2.24) is 9.80 Å². The Balaban J connectivity index is 1.88. The highest BCUT2D eigenvalue weighted by molar-refractivity contribution is 5.92. The summed E-state index contributed by atoms with van der Waals surface area (Å²) in [6.45, 7) is 5.25. The van der Waals surface area contributed by atoms with Gasteiger partial charge in [-0.15, -0.1) is 0 Å². The Hall–Kier alpha value is -1.47. The number of carbonyl (C=O) groups excluding carboxylic acids is 1. The average molecular weight is 335 g/mol. The number of piperazine rings is 1. The van der Waals surface area contributed by atoms with Crippen LogP contribution in [0.25, 0.3) is 0 Å². The summed E-state index contributed by atoms with van der Waals surface area (Å²) in [5.41, 5.74) is 7.00. The van der Waals surface area contributed by atoms with Gasteiger partial charge >= 0.3 is 0 Å². The number of unbranched alkanes of at least 4 members (excludes halogenated alkanes) is 1. The quantitative estimate of drug-likeness (QED) is 0.689. The molecule has 2 N–H and O–H groups in total. The van der Waals surface area contributed by atoms with Gasteiger partial charge in [-0.3, -0.25) is 9.69 Å². The van der Waals surface area contributed by atoms with Gasteiger partial charge in [0.1, 0.15) is 6.23 Å². The molecule has 0 aliphatic carbocycles. The van der Waals surface area contributed by atoms with Crippen LogP contribution >= 0.6 is 0 Å². The second kappa shape index (κ2) is 9.74. The number of carbonyl (C=O) groups is 1. The summed E-state index contributed by atoms with van der Waals surface area (Å²) in [7, 11) is 3.85. The van der Waals surface area contributed by atoms with Gasteiger partial charge in [0.05, 0.1) is 0 Å². The number of likely N-dealkylation sites (N-methyl/N-ethyl adjacent to an activating group) is 1. The lowest BCUT2D eigenvalue weighted by Crippen LogP contribution is -2.52. The molecule has 0 saturated carbocycles. The molecule has 0 radical (unpaired) electrons. The average Bonchev–Trinajstić information content (AvgIpc) is 2.57. The SMILES string of the molecule is COCCCCOC1CN(C)CCN1Cc1ccc(C(N)=O)cc1. The fourth-order valence-electron chi connectivity index (χ4n) is 2.83. The van der Waals surface area contributed by atoms with Crippen molar-refractivity contribution in [2.24, 2.45) is 5.73 Å². The molecular weight excluding hydrogens is 306 g/mol. The van der Waals surface area contributed by atoms with Crippen LogP contribution < -0.4 is 5.73 Å². The number of amides is 1. The molecule has 1 fully saturated rings. The molecule has 1 amide bonds. The summed E-state index contributed by atoms with van der Waals surface area (Å²) in [6, 6.07) is 7.50. The number of hydrogen-bond donors (Lipinski definition) is 1. The summed E-state index contributed by atoms with van der Waals surface area (Å²) in [5, 5.41) is 0. The van der Waals surface area contributed by atoms with Crippen molar-refractivity contribution in [3.05, 3.63) is 35.4 Å². The van der Waals surface area contributed by atoms with Crippen LogP contribution in [-0.2, 0) is 16.0 Å². The van der Waals surface area contributed by atoms with E-state index in [0.29, 0.717) is 5.56 Å². The molecule has 1 unspecified atom stereocenters. The second-order valence-electron chi connectivity index (χ2n) is 6.32. The normalized spacial score (nSPS) is 19.5. The lowest BCUT2D eigenvalue weighted by Gasteiger charge is -2.39. The molecule has 1 aromatic carbocycles. The molecule has 0 bridgehead atoms. The Bertz CT molecular complexity index is 507. The van der Waals surface area contributed by atoms with Crippen LogP contribution in [0.2, 0.25) is 0 Å². The summed E-state index contributed by atoms with van der Waals surface area (Å²) in [4.78, 5) is 15.8. The maximum atomic E-state index is 11.2. The highest BCUT2D eigenvalue weighted by Crippen LogP contribution is 2.15. The van der Waals surface area contributed by atoms with Crippen molar-refractivity contribution in [3.8, 4) is 0 Å². The fourth-order valence-corrected chi connectivity index (χ4v) is 2.83. The number of primary amides is 1. The highest BCUT2D eigenvalue weighted by atomic mass is 16.5. The lowest BCUT2D eigenvalue weighted by molar-refractivity contribution is -0.102. The molecular formula is C18H29N3O3. The van der Waals surface area contributed by atoms with Gasteiger partial charge in [0, 0.05) is 52.1 Å². The van der Waals surface area contributed by atoms with E-state index < -0.39 is 5.91 Å². The molecule has 2 rings (SSSR count). The monoisotopic (exact) mass is 335 g/mol. The van der Waals surface area contributed by atoms with E-state index in [1.165, 1.54) is 0 Å². The van der Waals surface area contributed by atoms with Crippen LogP contribution in [0.15, 0.2) is 24.3 Å². The predicted molar refractivity (Wildman–Crippen MR) is 93.7 cm³/mol. The molecule has 24 heavy (non-hydrogen) atoms. The molecule has 0 spiro atoms. The van der Waals surface area contributed by atoms with E-state index in [9.17, 15) is 4.79 Å². The highest BCUT2D eigenvalue weighted by Gasteiger charge is 2.25. The zero-order valence-electron chi connectivity index (χ0n) is 14.7. The van der Waals surface area contributed by atoms with E-state index in [-0.39, 0.29) is 6.23 Å². The first-order valence-corrected chi connectivity index (χ1v) is 8.52. The first-order valence-electron chi connectivity index (χ1n) is 8.52. The minimum Gasteiger partial charge on any atom is -0.385 e. The van der Waals surface area contributed by atoms with Gasteiger partial charge in [0.15, 0.2) is 0 Å². The van der Waals surface area contributed by atoms with Crippen molar-refractivity contribution in [2.75, 3.05) is 47.0 Å².